The van der Waals surface area contributed by atoms with Crippen LogP contribution in [0.5, 0.6) is 5.75 Å². The number of aliphatic imine (C=N–C) groups is 2. The van der Waals surface area contributed by atoms with Gasteiger partial charge in [-0.15, -0.1) is 13.2 Å². The maximum absolute atomic E-state index is 12.1. The summed E-state index contributed by atoms with van der Waals surface area (Å²) in [6.45, 7) is 9.66. The van der Waals surface area contributed by atoms with Gasteiger partial charge in [0.25, 0.3) is 0 Å². The summed E-state index contributed by atoms with van der Waals surface area (Å²) in [5.41, 5.74) is 1.96. The topological polar surface area (TPSA) is 43.2 Å². The monoisotopic (exact) mass is 340 g/mol. The summed E-state index contributed by atoms with van der Waals surface area (Å²) >= 11 is 0. The van der Waals surface area contributed by atoms with Crippen molar-refractivity contribution in [2.75, 3.05) is 13.7 Å². The Kier molecular flexibility index (Phi) is 7.23. The molecule has 0 fully saturated rings. The van der Waals surface area contributed by atoms with Crippen LogP contribution in [0, 0.1) is 0 Å². The number of rotatable bonds is 7. The van der Waals surface area contributed by atoms with Gasteiger partial charge in [0.15, 0.2) is 5.90 Å². The van der Waals surface area contributed by atoms with Crippen molar-refractivity contribution in [2.45, 2.75) is 19.7 Å². The van der Waals surface area contributed by atoms with Crippen LogP contribution in [0.4, 0.5) is 13.2 Å². The van der Waals surface area contributed by atoms with E-state index in [-0.39, 0.29) is 5.75 Å². The highest BCUT2D eigenvalue weighted by Crippen LogP contribution is 2.24. The fourth-order valence-corrected chi connectivity index (χ4v) is 1.74. The third-order valence-corrected chi connectivity index (χ3v) is 2.90. The highest BCUT2D eigenvalue weighted by molar-refractivity contribution is 5.84. The fourth-order valence-electron chi connectivity index (χ4n) is 1.74. The third-order valence-electron chi connectivity index (χ3n) is 2.90. The van der Waals surface area contributed by atoms with Gasteiger partial charge in [-0.1, -0.05) is 18.2 Å². The minimum Gasteiger partial charge on any atom is -0.484 e. The average Bonchev–Trinajstić information content (AvgIpc) is 2.50. The van der Waals surface area contributed by atoms with Gasteiger partial charge < -0.3 is 9.47 Å². The second-order valence-electron chi connectivity index (χ2n) is 4.86. The zero-order valence-electron chi connectivity index (χ0n) is 13.6. The van der Waals surface area contributed by atoms with Crippen molar-refractivity contribution in [1.29, 1.82) is 0 Å². The Labute approximate surface area is 139 Å². The van der Waals surface area contributed by atoms with Gasteiger partial charge in [-0.2, -0.15) is 0 Å². The fraction of sp³-hybridized carbons (Fsp3) is 0.294. The number of nitrogens with zero attached hydrogens (tertiary/aromatic N) is 2. The summed E-state index contributed by atoms with van der Waals surface area (Å²) in [4.78, 5) is 8.02. The zero-order chi connectivity index (χ0) is 18.2. The first-order valence-electron chi connectivity index (χ1n) is 7.00. The van der Waals surface area contributed by atoms with E-state index in [9.17, 15) is 13.2 Å². The molecular formula is C17H19F3N2O2. The van der Waals surface area contributed by atoms with E-state index in [1.54, 1.807) is 0 Å². The molecule has 0 atom stereocenters. The number of halogens is 3. The van der Waals surface area contributed by atoms with Crippen LogP contribution in [0.3, 0.4) is 0 Å². The van der Waals surface area contributed by atoms with E-state index in [1.807, 2.05) is 13.0 Å². The molecule has 0 unspecified atom stereocenters. The third kappa shape index (κ3) is 7.13. The summed E-state index contributed by atoms with van der Waals surface area (Å²) in [5.74, 6) is 0.129. The van der Waals surface area contributed by atoms with Crippen LogP contribution in [0.2, 0.25) is 0 Å². The van der Waals surface area contributed by atoms with Crippen molar-refractivity contribution in [3.63, 3.8) is 0 Å². The Morgan fingerprint density at radius 2 is 1.88 bits per heavy atom. The lowest BCUT2D eigenvalue weighted by Gasteiger charge is -2.09. The maximum atomic E-state index is 12.1. The van der Waals surface area contributed by atoms with E-state index in [0.29, 0.717) is 30.1 Å². The van der Waals surface area contributed by atoms with E-state index < -0.39 is 6.36 Å². The van der Waals surface area contributed by atoms with Crippen LogP contribution in [0.1, 0.15) is 18.9 Å². The molecule has 0 radical (unpaired) electrons. The van der Waals surface area contributed by atoms with E-state index in [4.69, 9.17) is 4.74 Å². The predicted molar refractivity (Wildman–Crippen MR) is 89.4 cm³/mol. The number of ether oxygens (including phenoxy) is 2. The lowest BCUT2D eigenvalue weighted by Crippen LogP contribution is -2.16. The number of methoxy groups -OCH3 is 1. The summed E-state index contributed by atoms with van der Waals surface area (Å²) < 4.78 is 45.4. The molecule has 1 aromatic rings. The van der Waals surface area contributed by atoms with Gasteiger partial charge in [-0.05, 0) is 43.5 Å². The summed E-state index contributed by atoms with van der Waals surface area (Å²) in [6.07, 6.45) is -2.36. The minimum atomic E-state index is -4.72. The molecule has 0 heterocycles. The van der Waals surface area contributed by atoms with Gasteiger partial charge in [0.2, 0.25) is 0 Å². The first-order chi connectivity index (χ1) is 11.2. The number of benzene rings is 1. The molecule has 0 aromatic heterocycles. The maximum Gasteiger partial charge on any atom is 0.573 e. The van der Waals surface area contributed by atoms with Crippen LogP contribution in [-0.4, -0.2) is 32.6 Å². The van der Waals surface area contributed by atoms with Crippen LogP contribution >= 0.6 is 0 Å². The standard InChI is InChI=1S/C17H19F3N2O2/c1-12(11-21-3)5-10-16(23-4)22-13(2)14-6-8-15(9-7-14)24-17(18,19)20/h5-9H,2-3,10-11H2,1,4H3/b12-5-,22-16?. The molecule has 1 rings (SSSR count). The van der Waals surface area contributed by atoms with Gasteiger partial charge in [0.05, 0.1) is 19.4 Å². The summed E-state index contributed by atoms with van der Waals surface area (Å²) in [5, 5.41) is 0. The van der Waals surface area contributed by atoms with Crippen LogP contribution < -0.4 is 4.74 Å². The van der Waals surface area contributed by atoms with Gasteiger partial charge >= 0.3 is 6.36 Å². The molecule has 1 aromatic carbocycles. The molecule has 0 saturated heterocycles. The van der Waals surface area contributed by atoms with E-state index >= 15 is 0 Å². The molecule has 4 nitrogen and oxygen atoms in total. The van der Waals surface area contributed by atoms with Crippen LogP contribution in [0.15, 0.2) is 52.5 Å². The summed E-state index contributed by atoms with van der Waals surface area (Å²) in [7, 11) is 1.49. The molecule has 0 N–H and O–H groups in total. The molecule has 0 bridgehead atoms. The van der Waals surface area contributed by atoms with Crippen molar-refractivity contribution >= 4 is 18.3 Å². The highest BCUT2D eigenvalue weighted by atomic mass is 19.4. The number of hydrogen-bond acceptors (Lipinski definition) is 4. The first-order valence-corrected chi connectivity index (χ1v) is 7.00. The lowest BCUT2D eigenvalue weighted by molar-refractivity contribution is -0.274. The van der Waals surface area contributed by atoms with E-state index in [1.165, 1.54) is 31.4 Å². The first kappa shape index (κ1) is 19.5. The molecule has 0 aliphatic carbocycles. The molecule has 24 heavy (non-hydrogen) atoms. The quantitative estimate of drug-likeness (QED) is 0.412. The van der Waals surface area contributed by atoms with Gasteiger partial charge in [0, 0.05) is 6.42 Å². The average molecular weight is 340 g/mol. The lowest BCUT2D eigenvalue weighted by atomic mass is 10.1. The number of alkyl halides is 3. The van der Waals surface area contributed by atoms with Crippen LogP contribution in [0.25, 0.3) is 5.70 Å². The minimum absolute atomic E-state index is 0.300. The summed E-state index contributed by atoms with van der Waals surface area (Å²) in [6, 6.07) is 5.30. The predicted octanol–water partition coefficient (Wildman–Crippen LogP) is 4.64. The molecule has 7 heteroatoms. The van der Waals surface area contributed by atoms with Crippen molar-refractivity contribution in [1.82, 2.24) is 0 Å². The van der Waals surface area contributed by atoms with Gasteiger partial charge in [0.1, 0.15) is 5.75 Å². The van der Waals surface area contributed by atoms with Crippen molar-refractivity contribution in [3.8, 4) is 5.75 Å². The van der Waals surface area contributed by atoms with E-state index in [2.05, 4.69) is 28.0 Å². The molecule has 0 spiro atoms. The van der Waals surface area contributed by atoms with E-state index in [0.717, 1.165) is 5.57 Å². The highest BCUT2D eigenvalue weighted by Gasteiger charge is 2.30. The molecule has 0 saturated carbocycles. The second kappa shape index (κ2) is 8.90. The Morgan fingerprint density at radius 1 is 1.25 bits per heavy atom. The largest absolute Gasteiger partial charge is 0.573 e. The van der Waals surface area contributed by atoms with Crippen molar-refractivity contribution < 1.29 is 22.6 Å². The zero-order valence-corrected chi connectivity index (χ0v) is 13.6. The Hall–Kier alpha value is -2.57. The van der Waals surface area contributed by atoms with Crippen LogP contribution in [-0.2, 0) is 4.74 Å². The Balaban J connectivity index is 2.80. The molecule has 130 valence electrons. The Bertz CT molecular complexity index is 632. The van der Waals surface area contributed by atoms with Gasteiger partial charge in [-0.3, -0.25) is 4.99 Å². The van der Waals surface area contributed by atoms with Crippen molar-refractivity contribution in [2.24, 2.45) is 9.98 Å². The molecule has 0 aliphatic rings. The Morgan fingerprint density at radius 3 is 2.38 bits per heavy atom. The molecular weight excluding hydrogens is 321 g/mol. The SMILES string of the molecule is C=NC/C(C)=C\CC(=NC(=C)c1ccc(OC(F)(F)F)cc1)OC. The molecule has 0 aliphatic heterocycles. The second-order valence-corrected chi connectivity index (χ2v) is 4.86. The van der Waals surface area contributed by atoms with Crippen molar-refractivity contribution in [3.05, 3.63) is 48.1 Å². The van der Waals surface area contributed by atoms with Gasteiger partial charge in [-0.25, -0.2) is 4.99 Å². The molecule has 0 amide bonds. The number of hydrogen-bond donors (Lipinski definition) is 0. The normalized spacial score (nSPS) is 12.7. The smallest absolute Gasteiger partial charge is 0.484 e.